The van der Waals surface area contributed by atoms with Crippen molar-refractivity contribution in [1.82, 2.24) is 0 Å². The molecule has 0 radical (unpaired) electrons. The highest BCUT2D eigenvalue weighted by atomic mass is 32.2. The van der Waals surface area contributed by atoms with Gasteiger partial charge in [0.2, 0.25) is 0 Å². The summed E-state index contributed by atoms with van der Waals surface area (Å²) in [6.45, 7) is -0.0794. The molecule has 0 spiro atoms. The van der Waals surface area contributed by atoms with E-state index in [4.69, 9.17) is 5.11 Å². The van der Waals surface area contributed by atoms with Gasteiger partial charge in [-0.05, 0) is 18.2 Å². The Kier molecular flexibility index (Phi) is 4.69. The zero-order valence-corrected chi connectivity index (χ0v) is 10.9. The van der Waals surface area contributed by atoms with Crippen LogP contribution in [-0.2, 0) is 5.75 Å². The maximum atomic E-state index is 8.61. The fraction of sp³-hybridized carbons (Fsp3) is 0.143. The molecule has 0 unspecified atom stereocenters. The Hall–Kier alpha value is -1.21. The van der Waals surface area contributed by atoms with Gasteiger partial charge >= 0.3 is 0 Å². The van der Waals surface area contributed by atoms with E-state index in [2.05, 4.69) is 42.2 Å². The lowest BCUT2D eigenvalue weighted by atomic mass is 10.3. The SMILES string of the molecule is OCC#Cc1csc(CSc2ccccc2)c1. The molecule has 3 heteroatoms. The predicted molar refractivity (Wildman–Crippen MR) is 74.3 cm³/mol. The van der Waals surface area contributed by atoms with Crippen molar-refractivity contribution in [3.05, 3.63) is 52.2 Å². The van der Waals surface area contributed by atoms with Gasteiger partial charge in [0, 0.05) is 26.5 Å². The van der Waals surface area contributed by atoms with Gasteiger partial charge in [0.05, 0.1) is 0 Å². The third kappa shape index (κ3) is 3.94. The van der Waals surface area contributed by atoms with Gasteiger partial charge in [-0.2, -0.15) is 0 Å². The van der Waals surface area contributed by atoms with Crippen LogP contribution in [0.1, 0.15) is 10.4 Å². The molecule has 1 aromatic carbocycles. The van der Waals surface area contributed by atoms with E-state index in [1.54, 1.807) is 11.3 Å². The molecule has 1 aromatic heterocycles. The predicted octanol–water partition coefficient (Wildman–Crippen LogP) is 3.38. The first-order valence-electron chi connectivity index (χ1n) is 5.23. The monoisotopic (exact) mass is 260 g/mol. The van der Waals surface area contributed by atoms with E-state index >= 15 is 0 Å². The largest absolute Gasteiger partial charge is 0.384 e. The lowest BCUT2D eigenvalue weighted by Gasteiger charge is -1.97. The van der Waals surface area contributed by atoms with Crippen molar-refractivity contribution in [3.63, 3.8) is 0 Å². The number of thioether (sulfide) groups is 1. The normalized spacial score (nSPS) is 9.71. The quantitative estimate of drug-likeness (QED) is 0.674. The average Bonchev–Trinajstić information content (AvgIpc) is 2.83. The smallest absolute Gasteiger partial charge is 0.104 e. The molecule has 0 aliphatic rings. The lowest BCUT2D eigenvalue weighted by molar-refractivity contribution is 0.350. The van der Waals surface area contributed by atoms with Crippen molar-refractivity contribution in [2.24, 2.45) is 0 Å². The molecule has 0 aliphatic heterocycles. The second-order valence-corrected chi connectivity index (χ2v) is 5.41. The Morgan fingerprint density at radius 3 is 2.82 bits per heavy atom. The van der Waals surface area contributed by atoms with Gasteiger partial charge < -0.3 is 5.11 Å². The highest BCUT2D eigenvalue weighted by molar-refractivity contribution is 7.98. The average molecular weight is 260 g/mol. The number of thiophene rings is 1. The number of rotatable bonds is 3. The molecule has 0 aliphatic carbocycles. The van der Waals surface area contributed by atoms with Crippen molar-refractivity contribution in [2.45, 2.75) is 10.6 Å². The molecular weight excluding hydrogens is 248 g/mol. The topological polar surface area (TPSA) is 20.2 Å². The van der Waals surface area contributed by atoms with Crippen LogP contribution in [0.15, 0.2) is 46.7 Å². The van der Waals surface area contributed by atoms with Gasteiger partial charge in [0.1, 0.15) is 6.61 Å². The Morgan fingerprint density at radius 2 is 2.06 bits per heavy atom. The maximum absolute atomic E-state index is 8.61. The number of aliphatic hydroxyl groups is 1. The molecule has 1 N–H and O–H groups in total. The lowest BCUT2D eigenvalue weighted by Crippen LogP contribution is -1.75. The van der Waals surface area contributed by atoms with Crippen LogP contribution in [-0.4, -0.2) is 11.7 Å². The third-order valence-corrected chi connectivity index (χ3v) is 4.27. The molecular formula is C14H12OS2. The Bertz CT molecular complexity index is 520. The summed E-state index contributed by atoms with van der Waals surface area (Å²) in [6.07, 6.45) is 0. The number of aliphatic hydroxyl groups excluding tert-OH is 1. The van der Waals surface area contributed by atoms with Crippen molar-refractivity contribution in [3.8, 4) is 11.8 Å². The first kappa shape index (κ1) is 12.3. The second kappa shape index (κ2) is 6.51. The van der Waals surface area contributed by atoms with Crippen molar-refractivity contribution >= 4 is 23.1 Å². The zero-order valence-electron chi connectivity index (χ0n) is 9.22. The van der Waals surface area contributed by atoms with Gasteiger partial charge in [0.25, 0.3) is 0 Å². The van der Waals surface area contributed by atoms with Crippen LogP contribution in [0.5, 0.6) is 0 Å². The van der Waals surface area contributed by atoms with E-state index in [9.17, 15) is 0 Å². The summed E-state index contributed by atoms with van der Waals surface area (Å²) in [6, 6.07) is 12.4. The molecule has 0 saturated heterocycles. The van der Waals surface area contributed by atoms with Crippen molar-refractivity contribution in [2.75, 3.05) is 6.61 Å². The van der Waals surface area contributed by atoms with Crippen LogP contribution >= 0.6 is 23.1 Å². The molecule has 1 nitrogen and oxygen atoms in total. The summed E-state index contributed by atoms with van der Waals surface area (Å²) in [5.74, 6) is 6.54. The Morgan fingerprint density at radius 1 is 1.24 bits per heavy atom. The highest BCUT2D eigenvalue weighted by Crippen LogP contribution is 2.25. The van der Waals surface area contributed by atoms with Crippen molar-refractivity contribution < 1.29 is 5.11 Å². The van der Waals surface area contributed by atoms with E-state index < -0.39 is 0 Å². The molecule has 0 fully saturated rings. The Labute approximate surface area is 110 Å². The summed E-state index contributed by atoms with van der Waals surface area (Å²) >= 11 is 3.54. The van der Waals surface area contributed by atoms with Crippen LogP contribution < -0.4 is 0 Å². The molecule has 2 rings (SSSR count). The van der Waals surface area contributed by atoms with Gasteiger partial charge in [-0.1, -0.05) is 30.0 Å². The molecule has 1 heterocycles. The molecule has 86 valence electrons. The van der Waals surface area contributed by atoms with E-state index in [0.29, 0.717) is 0 Å². The van der Waals surface area contributed by atoms with Gasteiger partial charge in [-0.15, -0.1) is 23.1 Å². The first-order chi connectivity index (χ1) is 8.38. The molecule has 0 bridgehead atoms. The molecule has 17 heavy (non-hydrogen) atoms. The summed E-state index contributed by atoms with van der Waals surface area (Å²) in [7, 11) is 0. The maximum Gasteiger partial charge on any atom is 0.104 e. The van der Waals surface area contributed by atoms with Crippen molar-refractivity contribution in [1.29, 1.82) is 0 Å². The standard InChI is InChI=1S/C14H12OS2/c15-8-4-5-12-9-14(16-10-12)11-17-13-6-2-1-3-7-13/h1-3,6-7,9-10,15H,8,11H2. The summed E-state index contributed by atoms with van der Waals surface area (Å²) in [5.41, 5.74) is 0.993. The minimum absolute atomic E-state index is 0.0794. The van der Waals surface area contributed by atoms with Crippen LogP contribution in [0.25, 0.3) is 0 Å². The van der Waals surface area contributed by atoms with Gasteiger partial charge in [-0.3, -0.25) is 0 Å². The molecule has 0 saturated carbocycles. The zero-order chi connectivity index (χ0) is 11.9. The van der Waals surface area contributed by atoms with E-state index in [-0.39, 0.29) is 6.61 Å². The van der Waals surface area contributed by atoms with E-state index in [1.165, 1.54) is 9.77 Å². The van der Waals surface area contributed by atoms with E-state index in [1.807, 2.05) is 23.2 Å². The third-order valence-electron chi connectivity index (χ3n) is 2.09. The van der Waals surface area contributed by atoms with Crippen LogP contribution in [0, 0.1) is 11.8 Å². The van der Waals surface area contributed by atoms with Crippen LogP contribution in [0.4, 0.5) is 0 Å². The molecule has 0 atom stereocenters. The number of hydrogen-bond acceptors (Lipinski definition) is 3. The highest BCUT2D eigenvalue weighted by Gasteiger charge is 1.99. The summed E-state index contributed by atoms with van der Waals surface area (Å²) in [4.78, 5) is 2.59. The van der Waals surface area contributed by atoms with Gasteiger partial charge in [-0.25, -0.2) is 0 Å². The second-order valence-electron chi connectivity index (χ2n) is 3.36. The summed E-state index contributed by atoms with van der Waals surface area (Å²) < 4.78 is 0. The molecule has 2 aromatic rings. The minimum Gasteiger partial charge on any atom is -0.384 e. The fourth-order valence-corrected chi connectivity index (χ4v) is 3.13. The fourth-order valence-electron chi connectivity index (χ4n) is 1.33. The minimum atomic E-state index is -0.0794. The first-order valence-corrected chi connectivity index (χ1v) is 7.10. The van der Waals surface area contributed by atoms with Crippen LogP contribution in [0.2, 0.25) is 0 Å². The van der Waals surface area contributed by atoms with Gasteiger partial charge in [0.15, 0.2) is 0 Å². The number of hydrogen-bond donors (Lipinski definition) is 1. The molecule has 0 amide bonds. The van der Waals surface area contributed by atoms with E-state index in [0.717, 1.165) is 11.3 Å². The number of benzene rings is 1. The summed E-state index contributed by atoms with van der Waals surface area (Å²) in [5, 5.41) is 10.6. The Balaban J connectivity index is 1.94. The van der Waals surface area contributed by atoms with Crippen LogP contribution in [0.3, 0.4) is 0 Å².